The third-order valence-electron chi connectivity index (χ3n) is 10.6. The normalized spacial score (nSPS) is 25.3. The second-order valence-electron chi connectivity index (χ2n) is 14.4. The highest BCUT2D eigenvalue weighted by molar-refractivity contribution is 5.89. The number of hydrogen-bond acceptors (Lipinski definition) is 6. The van der Waals surface area contributed by atoms with Gasteiger partial charge in [-0.25, -0.2) is 9.59 Å². The summed E-state index contributed by atoms with van der Waals surface area (Å²) in [5.41, 5.74) is 0.678. The van der Waals surface area contributed by atoms with Crippen LogP contribution in [0.2, 0.25) is 0 Å². The molecular weight excluding hydrogens is 564 g/mol. The molecule has 0 aromatic heterocycles. The standard InChI is InChI=1S/C37H52O4.C2H6O2/c1-25(2)31-19-17-27(5)21-33(31)37(23-40-35(38)29-13-9-7-10-14-29,24-41-36(39)30-15-11-8-12-16-30)34-22-28(6)18-20-32(34)26(3)4;3-1-2-4/h7-16,25-28,31-34H,17-24H2,1-6H3;3-4H,1-2H2. The first-order chi connectivity index (χ1) is 21.5. The number of aliphatic hydroxyl groups excluding tert-OH is 2. The quantitative estimate of drug-likeness (QED) is 0.246. The highest BCUT2D eigenvalue weighted by Crippen LogP contribution is 2.57. The van der Waals surface area contributed by atoms with Crippen LogP contribution in [0.25, 0.3) is 0 Å². The van der Waals surface area contributed by atoms with Crippen LogP contribution in [0.5, 0.6) is 0 Å². The maximum absolute atomic E-state index is 13.4. The van der Waals surface area contributed by atoms with Crippen LogP contribution in [0.1, 0.15) is 101 Å². The predicted molar refractivity (Wildman–Crippen MR) is 180 cm³/mol. The van der Waals surface area contributed by atoms with Crippen LogP contribution in [-0.4, -0.2) is 48.6 Å². The number of aliphatic hydroxyl groups is 2. The average Bonchev–Trinajstić information content (AvgIpc) is 3.05. The topological polar surface area (TPSA) is 93.1 Å². The van der Waals surface area contributed by atoms with Gasteiger partial charge in [-0.05, 0) is 97.3 Å². The highest BCUT2D eigenvalue weighted by atomic mass is 16.5. The number of ether oxygens (including phenoxy) is 2. The number of esters is 2. The number of rotatable bonds is 11. The molecule has 2 aliphatic carbocycles. The molecule has 0 aliphatic heterocycles. The number of hydrogen-bond donors (Lipinski definition) is 2. The first kappa shape index (κ1) is 36.8. The van der Waals surface area contributed by atoms with Gasteiger partial charge in [-0.2, -0.15) is 0 Å². The smallest absolute Gasteiger partial charge is 0.338 e. The lowest BCUT2D eigenvalue weighted by molar-refractivity contribution is -0.131. The van der Waals surface area contributed by atoms with E-state index in [2.05, 4.69) is 41.5 Å². The van der Waals surface area contributed by atoms with E-state index in [-0.39, 0.29) is 38.4 Å². The van der Waals surface area contributed by atoms with Gasteiger partial charge in [-0.3, -0.25) is 0 Å². The molecule has 2 aromatic rings. The summed E-state index contributed by atoms with van der Waals surface area (Å²) >= 11 is 0. The van der Waals surface area contributed by atoms with Gasteiger partial charge in [-0.1, -0.05) is 90.8 Å². The van der Waals surface area contributed by atoms with Gasteiger partial charge in [0.05, 0.1) is 24.3 Å². The third-order valence-corrected chi connectivity index (χ3v) is 10.6. The summed E-state index contributed by atoms with van der Waals surface area (Å²) in [7, 11) is 0. The van der Waals surface area contributed by atoms with Crippen LogP contribution in [0.15, 0.2) is 60.7 Å². The molecular formula is C39H58O6. The fourth-order valence-electron chi connectivity index (χ4n) is 8.19. The van der Waals surface area contributed by atoms with Crippen LogP contribution in [-0.2, 0) is 9.47 Å². The summed E-state index contributed by atoms with van der Waals surface area (Å²) in [5.74, 6) is 3.16. The zero-order valence-electron chi connectivity index (χ0n) is 28.5. The Balaban J connectivity index is 0.00000130. The Hall–Kier alpha value is -2.70. The molecule has 2 aromatic carbocycles. The molecule has 0 radical (unpaired) electrons. The van der Waals surface area contributed by atoms with Gasteiger partial charge in [0.1, 0.15) is 13.2 Å². The molecule has 2 aliphatic rings. The minimum Gasteiger partial charge on any atom is -0.461 e. The van der Waals surface area contributed by atoms with Crippen molar-refractivity contribution in [2.24, 2.45) is 52.8 Å². The maximum atomic E-state index is 13.4. The molecule has 4 rings (SSSR count). The van der Waals surface area contributed by atoms with Crippen LogP contribution >= 0.6 is 0 Å². The first-order valence-electron chi connectivity index (χ1n) is 17.2. The number of carbonyl (C=O) groups is 2. The van der Waals surface area contributed by atoms with Crippen molar-refractivity contribution in [1.82, 2.24) is 0 Å². The minimum atomic E-state index is -0.456. The Bertz CT molecular complexity index is 1060. The maximum Gasteiger partial charge on any atom is 0.338 e. The van der Waals surface area contributed by atoms with Crippen molar-refractivity contribution in [3.05, 3.63) is 71.8 Å². The van der Waals surface area contributed by atoms with Crippen molar-refractivity contribution in [3.63, 3.8) is 0 Å². The van der Waals surface area contributed by atoms with E-state index in [0.29, 0.717) is 58.5 Å². The zero-order valence-corrected chi connectivity index (χ0v) is 28.5. The van der Waals surface area contributed by atoms with Crippen molar-refractivity contribution in [1.29, 1.82) is 0 Å². The molecule has 6 heteroatoms. The zero-order chi connectivity index (χ0) is 33.0. The van der Waals surface area contributed by atoms with E-state index in [4.69, 9.17) is 19.7 Å². The van der Waals surface area contributed by atoms with E-state index in [1.165, 1.54) is 25.7 Å². The summed E-state index contributed by atoms with van der Waals surface area (Å²) < 4.78 is 12.7. The number of benzene rings is 2. The molecule has 2 N–H and O–H groups in total. The molecule has 0 bridgehead atoms. The fraction of sp³-hybridized carbons (Fsp3) is 0.641. The highest BCUT2D eigenvalue weighted by Gasteiger charge is 2.55. The Labute approximate surface area is 271 Å². The lowest BCUT2D eigenvalue weighted by atomic mass is 9.50. The van der Waals surface area contributed by atoms with Gasteiger partial charge >= 0.3 is 11.9 Å². The third kappa shape index (κ3) is 9.89. The van der Waals surface area contributed by atoms with E-state index in [1.54, 1.807) is 0 Å². The van der Waals surface area contributed by atoms with Crippen molar-refractivity contribution in [3.8, 4) is 0 Å². The summed E-state index contributed by atoms with van der Waals surface area (Å²) in [4.78, 5) is 26.9. The largest absolute Gasteiger partial charge is 0.461 e. The van der Waals surface area contributed by atoms with E-state index in [1.807, 2.05) is 60.7 Å². The van der Waals surface area contributed by atoms with Gasteiger partial charge in [-0.15, -0.1) is 0 Å². The van der Waals surface area contributed by atoms with Gasteiger partial charge < -0.3 is 19.7 Å². The molecule has 0 heterocycles. The van der Waals surface area contributed by atoms with Gasteiger partial charge in [0.2, 0.25) is 0 Å². The Morgan fingerprint density at radius 1 is 0.667 bits per heavy atom. The summed E-state index contributed by atoms with van der Waals surface area (Å²) in [6.45, 7) is 14.4. The predicted octanol–water partition coefficient (Wildman–Crippen LogP) is 8.07. The second kappa shape index (κ2) is 17.9. The SMILES string of the molecule is CC1CCC(C(C)C)C(C(COC(=O)c2ccccc2)(COC(=O)c2ccccc2)C2CC(C)CCC2C(C)C)C1.OCCO. The molecule has 2 saturated carbocycles. The van der Waals surface area contributed by atoms with Crippen molar-refractivity contribution in [2.75, 3.05) is 26.4 Å². The lowest BCUT2D eigenvalue weighted by Gasteiger charge is -2.56. The first-order valence-corrected chi connectivity index (χ1v) is 17.2. The molecule has 2 fully saturated rings. The van der Waals surface area contributed by atoms with Crippen LogP contribution < -0.4 is 0 Å². The molecule has 6 atom stereocenters. The molecule has 6 nitrogen and oxygen atoms in total. The van der Waals surface area contributed by atoms with Gasteiger partial charge in [0.15, 0.2) is 0 Å². The van der Waals surface area contributed by atoms with Gasteiger partial charge in [0.25, 0.3) is 0 Å². The molecule has 6 unspecified atom stereocenters. The molecule has 0 amide bonds. The van der Waals surface area contributed by atoms with Crippen LogP contribution in [0.4, 0.5) is 0 Å². The lowest BCUT2D eigenvalue weighted by Crippen LogP contribution is -2.55. The second-order valence-corrected chi connectivity index (χ2v) is 14.4. The van der Waals surface area contributed by atoms with E-state index >= 15 is 0 Å². The van der Waals surface area contributed by atoms with Crippen molar-refractivity contribution >= 4 is 11.9 Å². The Kier molecular flexibility index (Phi) is 14.6. The molecule has 0 saturated heterocycles. The van der Waals surface area contributed by atoms with Crippen molar-refractivity contribution < 1.29 is 29.3 Å². The monoisotopic (exact) mass is 622 g/mol. The Morgan fingerprint density at radius 3 is 1.33 bits per heavy atom. The van der Waals surface area contributed by atoms with Crippen LogP contribution in [0, 0.1) is 52.8 Å². The summed E-state index contributed by atoms with van der Waals surface area (Å²) in [6.07, 6.45) is 6.92. The number of carbonyl (C=O) groups excluding carboxylic acids is 2. The molecule has 45 heavy (non-hydrogen) atoms. The van der Waals surface area contributed by atoms with E-state index in [0.717, 1.165) is 12.8 Å². The fourth-order valence-corrected chi connectivity index (χ4v) is 8.19. The van der Waals surface area contributed by atoms with E-state index < -0.39 is 5.41 Å². The average molecular weight is 623 g/mol. The minimum absolute atomic E-state index is 0.125. The van der Waals surface area contributed by atoms with Gasteiger partial charge in [0, 0.05) is 5.41 Å². The van der Waals surface area contributed by atoms with Crippen LogP contribution in [0.3, 0.4) is 0 Å². The van der Waals surface area contributed by atoms with E-state index in [9.17, 15) is 9.59 Å². The molecule has 0 spiro atoms. The van der Waals surface area contributed by atoms with Crippen molar-refractivity contribution in [2.45, 2.75) is 80.1 Å². The summed E-state index contributed by atoms with van der Waals surface area (Å²) in [6, 6.07) is 18.6. The summed E-state index contributed by atoms with van der Waals surface area (Å²) in [5, 5.41) is 15.2. The Morgan fingerprint density at radius 2 is 1.02 bits per heavy atom. The molecule has 250 valence electrons.